The summed E-state index contributed by atoms with van der Waals surface area (Å²) in [6.45, 7) is 1.71. The van der Waals surface area contributed by atoms with E-state index in [0.29, 0.717) is 21.3 Å². The van der Waals surface area contributed by atoms with Crippen LogP contribution >= 0.6 is 15.9 Å². The van der Waals surface area contributed by atoms with Crippen molar-refractivity contribution >= 4 is 21.6 Å². The van der Waals surface area contributed by atoms with E-state index in [2.05, 4.69) is 15.9 Å². The van der Waals surface area contributed by atoms with Crippen molar-refractivity contribution in [3.05, 3.63) is 57.6 Å². The summed E-state index contributed by atoms with van der Waals surface area (Å²) in [5, 5.41) is 0. The molecule has 0 aromatic heterocycles. The van der Waals surface area contributed by atoms with Crippen LogP contribution in [0.15, 0.2) is 34.8 Å². The van der Waals surface area contributed by atoms with Crippen molar-refractivity contribution < 1.29 is 13.5 Å². The maximum absolute atomic E-state index is 13.6. The van der Waals surface area contributed by atoms with Crippen LogP contribution in [-0.2, 0) is 6.61 Å². The Morgan fingerprint density at radius 3 is 2.58 bits per heavy atom. The summed E-state index contributed by atoms with van der Waals surface area (Å²) < 4.78 is 33.1. The molecular formula is C14H12BrF2NO. The molecule has 0 unspecified atom stereocenters. The van der Waals surface area contributed by atoms with Crippen LogP contribution < -0.4 is 10.5 Å². The molecule has 2 rings (SSSR count). The second kappa shape index (κ2) is 5.57. The normalized spacial score (nSPS) is 10.5. The first-order valence-electron chi connectivity index (χ1n) is 5.59. The standard InChI is InChI=1S/C14H12BrF2NO/c1-8-4-14(12(17)6-13(8)18)19-7-9-2-3-10(15)5-11(9)16/h2-6H,7,18H2,1H3. The van der Waals surface area contributed by atoms with Crippen molar-refractivity contribution in [2.75, 3.05) is 5.73 Å². The molecule has 2 aromatic carbocycles. The molecule has 0 spiro atoms. The molecular weight excluding hydrogens is 316 g/mol. The van der Waals surface area contributed by atoms with Gasteiger partial charge in [0.1, 0.15) is 12.4 Å². The Hall–Kier alpha value is -1.62. The number of nitrogen functional groups attached to an aromatic ring is 1. The Morgan fingerprint density at radius 2 is 1.89 bits per heavy atom. The van der Waals surface area contributed by atoms with Crippen LogP contribution in [0.3, 0.4) is 0 Å². The molecule has 2 N–H and O–H groups in total. The van der Waals surface area contributed by atoms with Gasteiger partial charge in [0, 0.05) is 21.8 Å². The van der Waals surface area contributed by atoms with Gasteiger partial charge >= 0.3 is 0 Å². The topological polar surface area (TPSA) is 35.2 Å². The van der Waals surface area contributed by atoms with Gasteiger partial charge in [-0.2, -0.15) is 0 Å². The van der Waals surface area contributed by atoms with E-state index in [1.54, 1.807) is 19.1 Å². The Bertz CT molecular complexity index is 617. The summed E-state index contributed by atoms with van der Waals surface area (Å²) in [4.78, 5) is 0. The minimum Gasteiger partial charge on any atom is -0.486 e. The van der Waals surface area contributed by atoms with Crippen molar-refractivity contribution in [2.45, 2.75) is 13.5 Å². The van der Waals surface area contributed by atoms with E-state index in [-0.39, 0.29) is 12.4 Å². The first kappa shape index (κ1) is 13.8. The minimum absolute atomic E-state index is 0.0423. The number of anilines is 1. The van der Waals surface area contributed by atoms with Crippen molar-refractivity contribution in [1.82, 2.24) is 0 Å². The van der Waals surface area contributed by atoms with Gasteiger partial charge in [0.05, 0.1) is 0 Å². The van der Waals surface area contributed by atoms with Gasteiger partial charge in [-0.15, -0.1) is 0 Å². The Labute approximate surface area is 118 Å². The smallest absolute Gasteiger partial charge is 0.167 e. The third kappa shape index (κ3) is 3.23. The van der Waals surface area contributed by atoms with Gasteiger partial charge in [0.25, 0.3) is 0 Å². The third-order valence-corrected chi connectivity index (χ3v) is 3.21. The summed E-state index contributed by atoms with van der Waals surface area (Å²) in [5.41, 5.74) is 7.01. The lowest BCUT2D eigenvalue weighted by Gasteiger charge is -2.10. The molecule has 0 aliphatic heterocycles. The van der Waals surface area contributed by atoms with Gasteiger partial charge in [0.2, 0.25) is 0 Å². The van der Waals surface area contributed by atoms with Crippen LogP contribution in [0.5, 0.6) is 5.75 Å². The molecule has 0 saturated heterocycles. The number of halogens is 3. The number of nitrogens with two attached hydrogens (primary N) is 1. The highest BCUT2D eigenvalue weighted by Gasteiger charge is 2.09. The number of hydrogen-bond donors (Lipinski definition) is 1. The highest BCUT2D eigenvalue weighted by atomic mass is 79.9. The van der Waals surface area contributed by atoms with E-state index in [9.17, 15) is 8.78 Å². The zero-order valence-electron chi connectivity index (χ0n) is 10.2. The maximum atomic E-state index is 13.6. The van der Waals surface area contributed by atoms with E-state index < -0.39 is 11.6 Å². The van der Waals surface area contributed by atoms with E-state index in [4.69, 9.17) is 10.5 Å². The molecule has 0 radical (unpaired) electrons. The first-order valence-corrected chi connectivity index (χ1v) is 6.39. The number of aryl methyl sites for hydroxylation is 1. The van der Waals surface area contributed by atoms with Gasteiger partial charge in [-0.3, -0.25) is 0 Å². The number of benzene rings is 2. The van der Waals surface area contributed by atoms with Crippen molar-refractivity contribution in [2.24, 2.45) is 0 Å². The summed E-state index contributed by atoms with van der Waals surface area (Å²) in [6, 6.07) is 7.32. The molecule has 0 aliphatic rings. The van der Waals surface area contributed by atoms with E-state index in [1.165, 1.54) is 18.2 Å². The minimum atomic E-state index is -0.555. The van der Waals surface area contributed by atoms with Crippen molar-refractivity contribution in [3.8, 4) is 5.75 Å². The number of rotatable bonds is 3. The van der Waals surface area contributed by atoms with Gasteiger partial charge in [-0.25, -0.2) is 8.78 Å². The van der Waals surface area contributed by atoms with Gasteiger partial charge < -0.3 is 10.5 Å². The second-order valence-corrected chi connectivity index (χ2v) is 5.08. The third-order valence-electron chi connectivity index (χ3n) is 2.72. The number of hydrogen-bond acceptors (Lipinski definition) is 2. The average molecular weight is 328 g/mol. The molecule has 5 heteroatoms. The maximum Gasteiger partial charge on any atom is 0.167 e. The molecule has 0 bridgehead atoms. The summed E-state index contributed by atoms with van der Waals surface area (Å²) in [7, 11) is 0. The average Bonchev–Trinajstić information content (AvgIpc) is 2.34. The Morgan fingerprint density at radius 1 is 1.16 bits per heavy atom. The lowest BCUT2D eigenvalue weighted by molar-refractivity contribution is 0.284. The first-order chi connectivity index (χ1) is 8.97. The SMILES string of the molecule is Cc1cc(OCc2ccc(Br)cc2F)c(F)cc1N. The van der Waals surface area contributed by atoms with Crippen molar-refractivity contribution in [3.63, 3.8) is 0 Å². The monoisotopic (exact) mass is 327 g/mol. The lowest BCUT2D eigenvalue weighted by atomic mass is 10.2. The second-order valence-electron chi connectivity index (χ2n) is 4.16. The fraction of sp³-hybridized carbons (Fsp3) is 0.143. The highest BCUT2D eigenvalue weighted by Crippen LogP contribution is 2.25. The molecule has 0 aliphatic carbocycles. The zero-order valence-corrected chi connectivity index (χ0v) is 11.8. The summed E-state index contributed by atoms with van der Waals surface area (Å²) in [6.07, 6.45) is 0. The van der Waals surface area contributed by atoms with E-state index in [0.717, 1.165) is 0 Å². The molecule has 100 valence electrons. The highest BCUT2D eigenvalue weighted by molar-refractivity contribution is 9.10. The van der Waals surface area contributed by atoms with Gasteiger partial charge in [-0.1, -0.05) is 22.0 Å². The van der Waals surface area contributed by atoms with E-state index >= 15 is 0 Å². The molecule has 0 atom stereocenters. The van der Waals surface area contributed by atoms with Crippen LogP contribution in [0.1, 0.15) is 11.1 Å². The van der Waals surface area contributed by atoms with Gasteiger partial charge in [0.15, 0.2) is 11.6 Å². The predicted molar refractivity (Wildman–Crippen MR) is 74.0 cm³/mol. The Kier molecular flexibility index (Phi) is 4.04. The quantitative estimate of drug-likeness (QED) is 0.857. The molecule has 2 nitrogen and oxygen atoms in total. The molecule has 0 fully saturated rings. The summed E-state index contributed by atoms with van der Waals surface area (Å²) in [5.74, 6) is -0.892. The van der Waals surface area contributed by atoms with Crippen LogP contribution in [-0.4, -0.2) is 0 Å². The van der Waals surface area contributed by atoms with Gasteiger partial charge in [-0.05, 0) is 30.7 Å². The Balaban J connectivity index is 2.16. The molecule has 0 heterocycles. The number of ether oxygens (including phenoxy) is 1. The predicted octanol–water partition coefficient (Wildman–Crippen LogP) is 4.20. The zero-order chi connectivity index (χ0) is 14.0. The molecule has 0 amide bonds. The van der Waals surface area contributed by atoms with Crippen LogP contribution in [0.4, 0.5) is 14.5 Å². The molecule has 2 aromatic rings. The molecule has 19 heavy (non-hydrogen) atoms. The fourth-order valence-corrected chi connectivity index (χ4v) is 1.91. The largest absolute Gasteiger partial charge is 0.486 e. The van der Waals surface area contributed by atoms with Crippen LogP contribution in [0.2, 0.25) is 0 Å². The van der Waals surface area contributed by atoms with Crippen molar-refractivity contribution in [1.29, 1.82) is 0 Å². The fourth-order valence-electron chi connectivity index (χ4n) is 1.58. The van der Waals surface area contributed by atoms with Crippen LogP contribution in [0, 0.1) is 18.6 Å². The lowest BCUT2D eigenvalue weighted by Crippen LogP contribution is -2.01. The molecule has 0 saturated carbocycles. The van der Waals surface area contributed by atoms with E-state index in [1.807, 2.05) is 0 Å². The van der Waals surface area contributed by atoms with Crippen LogP contribution in [0.25, 0.3) is 0 Å². The summed E-state index contributed by atoms with van der Waals surface area (Å²) >= 11 is 3.17.